The second kappa shape index (κ2) is 7.59. The van der Waals surface area contributed by atoms with Gasteiger partial charge in [0.2, 0.25) is 5.91 Å². The Bertz CT molecular complexity index is 874. The van der Waals surface area contributed by atoms with Crippen molar-refractivity contribution in [2.45, 2.75) is 39.5 Å². The molecule has 12 heteroatoms. The molecule has 0 aliphatic heterocycles. The highest BCUT2D eigenvalue weighted by Gasteiger charge is 2.39. The van der Waals surface area contributed by atoms with Crippen LogP contribution in [0.2, 0.25) is 5.02 Å². The first-order valence-corrected chi connectivity index (χ1v) is 8.31. The highest BCUT2D eigenvalue weighted by molar-refractivity contribution is 6.32. The molecule has 0 fully saturated rings. The molecule has 2 aromatic rings. The lowest BCUT2D eigenvalue weighted by Gasteiger charge is -2.14. The first-order valence-electron chi connectivity index (χ1n) is 7.93. The van der Waals surface area contributed by atoms with Crippen LogP contribution in [0, 0.1) is 6.92 Å². The van der Waals surface area contributed by atoms with Crippen LogP contribution in [0.15, 0.2) is 6.20 Å². The number of halogens is 4. The Kier molecular flexibility index (Phi) is 5.83. The van der Waals surface area contributed by atoms with Gasteiger partial charge in [0.15, 0.2) is 11.4 Å². The van der Waals surface area contributed by atoms with Gasteiger partial charge in [0.1, 0.15) is 6.04 Å². The van der Waals surface area contributed by atoms with Crippen molar-refractivity contribution in [2.24, 2.45) is 0 Å². The molecule has 0 bridgehead atoms. The second-order valence-corrected chi connectivity index (χ2v) is 6.06. The normalized spacial score (nSPS) is 12.7. The van der Waals surface area contributed by atoms with Crippen molar-refractivity contribution in [3.63, 3.8) is 0 Å². The molecule has 27 heavy (non-hydrogen) atoms. The number of rotatable bonds is 5. The van der Waals surface area contributed by atoms with Gasteiger partial charge in [-0.25, -0.2) is 0 Å². The van der Waals surface area contributed by atoms with Gasteiger partial charge in [-0.15, -0.1) is 0 Å². The van der Waals surface area contributed by atoms with Crippen molar-refractivity contribution in [3.05, 3.63) is 28.3 Å². The van der Waals surface area contributed by atoms with E-state index in [9.17, 15) is 22.8 Å². The van der Waals surface area contributed by atoms with E-state index in [1.54, 1.807) is 6.92 Å². The van der Waals surface area contributed by atoms with E-state index in [4.69, 9.17) is 11.6 Å². The van der Waals surface area contributed by atoms with E-state index in [1.165, 1.54) is 31.8 Å². The van der Waals surface area contributed by atoms with E-state index in [2.05, 4.69) is 20.8 Å². The molecule has 0 aliphatic carbocycles. The highest BCUT2D eigenvalue weighted by atomic mass is 35.5. The molecule has 2 amide bonds. The van der Waals surface area contributed by atoms with E-state index in [1.807, 2.05) is 0 Å². The Morgan fingerprint density at radius 1 is 1.33 bits per heavy atom. The zero-order valence-corrected chi connectivity index (χ0v) is 15.7. The molecule has 1 atom stereocenters. The third-order valence-corrected chi connectivity index (χ3v) is 4.33. The first-order chi connectivity index (χ1) is 12.5. The summed E-state index contributed by atoms with van der Waals surface area (Å²) in [6, 6.07) is -1.11. The zero-order valence-electron chi connectivity index (χ0n) is 15.0. The lowest BCUT2D eigenvalue weighted by atomic mass is 10.2. The second-order valence-electron chi connectivity index (χ2n) is 5.68. The molecule has 0 saturated carbocycles. The molecule has 2 N–H and O–H groups in total. The molecule has 0 spiro atoms. The Labute approximate surface area is 157 Å². The van der Waals surface area contributed by atoms with Gasteiger partial charge in [-0.1, -0.05) is 11.6 Å². The monoisotopic (exact) mass is 406 g/mol. The number of aryl methyl sites for hydroxylation is 1. The third-order valence-electron chi connectivity index (χ3n) is 3.88. The predicted octanol–water partition coefficient (Wildman–Crippen LogP) is 2.64. The number of nitrogens with one attached hydrogen (secondary N) is 2. The number of carbonyl (C=O) groups is 2. The summed E-state index contributed by atoms with van der Waals surface area (Å²) in [7, 11) is 1.41. The fourth-order valence-corrected chi connectivity index (χ4v) is 2.60. The van der Waals surface area contributed by atoms with Crippen LogP contribution < -0.4 is 10.6 Å². The highest BCUT2D eigenvalue weighted by Crippen LogP contribution is 2.36. The minimum Gasteiger partial charge on any atom is -0.354 e. The summed E-state index contributed by atoms with van der Waals surface area (Å²) in [4.78, 5) is 24.4. The summed E-state index contributed by atoms with van der Waals surface area (Å²) < 4.78 is 41.2. The summed E-state index contributed by atoms with van der Waals surface area (Å²) in [5.41, 5.74) is -1.13. The maximum Gasteiger partial charge on any atom is 0.436 e. The third kappa shape index (κ3) is 4.07. The van der Waals surface area contributed by atoms with Crippen LogP contribution in [0.4, 0.5) is 18.9 Å². The minimum atomic E-state index is -4.74. The van der Waals surface area contributed by atoms with Crippen LogP contribution in [-0.2, 0) is 17.5 Å². The van der Waals surface area contributed by atoms with Gasteiger partial charge in [-0.2, -0.15) is 23.4 Å². The molecule has 2 rings (SSSR count). The molecule has 2 aromatic heterocycles. The Morgan fingerprint density at radius 3 is 2.44 bits per heavy atom. The van der Waals surface area contributed by atoms with Crippen LogP contribution in [0.25, 0.3) is 0 Å². The van der Waals surface area contributed by atoms with Crippen molar-refractivity contribution < 1.29 is 22.8 Å². The molecule has 2 heterocycles. The van der Waals surface area contributed by atoms with Crippen LogP contribution >= 0.6 is 11.6 Å². The predicted molar refractivity (Wildman–Crippen MR) is 91.6 cm³/mol. The van der Waals surface area contributed by atoms with E-state index in [0.717, 1.165) is 4.68 Å². The van der Waals surface area contributed by atoms with E-state index >= 15 is 0 Å². The smallest absolute Gasteiger partial charge is 0.354 e. The molecule has 1 unspecified atom stereocenters. The number of hydrogen-bond acceptors (Lipinski definition) is 4. The maximum atomic E-state index is 13.0. The van der Waals surface area contributed by atoms with Gasteiger partial charge < -0.3 is 10.6 Å². The van der Waals surface area contributed by atoms with Gasteiger partial charge >= 0.3 is 6.18 Å². The van der Waals surface area contributed by atoms with Crippen molar-refractivity contribution in [2.75, 3.05) is 12.4 Å². The maximum absolute atomic E-state index is 13.0. The lowest BCUT2D eigenvalue weighted by Crippen LogP contribution is -2.27. The summed E-state index contributed by atoms with van der Waals surface area (Å²) in [6.45, 7) is 4.95. The van der Waals surface area contributed by atoms with Crippen LogP contribution in [-0.4, -0.2) is 38.4 Å². The number of aromatic nitrogens is 4. The lowest BCUT2D eigenvalue weighted by molar-refractivity contribution is -0.141. The standard InChI is InChI=1S/C15H18ClF3N6O2/c1-5-24-6-9(11(22-24)14(27)20-4)21-13(26)8(3)25-7(2)10(16)12(23-25)15(17,18)19/h6,8H,5H2,1-4H3,(H,20,27)(H,21,26). The Morgan fingerprint density at radius 2 is 1.96 bits per heavy atom. The molecule has 0 saturated heterocycles. The number of amides is 2. The fourth-order valence-electron chi connectivity index (χ4n) is 2.37. The van der Waals surface area contributed by atoms with Gasteiger partial charge in [0, 0.05) is 19.8 Å². The SMILES string of the molecule is CCn1cc(NC(=O)C(C)n2nc(C(F)(F)F)c(Cl)c2C)c(C(=O)NC)n1. The van der Waals surface area contributed by atoms with Crippen LogP contribution in [0.3, 0.4) is 0 Å². The quantitative estimate of drug-likeness (QED) is 0.798. The van der Waals surface area contributed by atoms with Gasteiger partial charge in [0.05, 0.1) is 16.4 Å². The fraction of sp³-hybridized carbons (Fsp3) is 0.467. The molecule has 148 valence electrons. The van der Waals surface area contributed by atoms with Gasteiger partial charge in [0.25, 0.3) is 5.91 Å². The number of nitrogens with zero attached hydrogens (tertiary/aromatic N) is 4. The topological polar surface area (TPSA) is 93.8 Å². The number of hydrogen-bond donors (Lipinski definition) is 2. The van der Waals surface area contributed by atoms with Crippen molar-refractivity contribution in [1.29, 1.82) is 0 Å². The molecule has 0 radical (unpaired) electrons. The number of anilines is 1. The average Bonchev–Trinajstić information content (AvgIpc) is 3.15. The Hall–Kier alpha value is -2.56. The van der Waals surface area contributed by atoms with Crippen molar-refractivity contribution >= 4 is 29.1 Å². The summed E-state index contributed by atoms with van der Waals surface area (Å²) >= 11 is 5.71. The Balaban J connectivity index is 2.32. The minimum absolute atomic E-state index is 0.00224. The average molecular weight is 407 g/mol. The largest absolute Gasteiger partial charge is 0.436 e. The molecule has 0 aromatic carbocycles. The van der Waals surface area contributed by atoms with Crippen molar-refractivity contribution in [3.8, 4) is 0 Å². The van der Waals surface area contributed by atoms with E-state index in [0.29, 0.717) is 6.54 Å². The molecular weight excluding hydrogens is 389 g/mol. The van der Waals surface area contributed by atoms with Crippen molar-refractivity contribution in [1.82, 2.24) is 24.9 Å². The summed E-state index contributed by atoms with van der Waals surface area (Å²) in [6.07, 6.45) is -3.28. The number of carbonyl (C=O) groups excluding carboxylic acids is 2. The summed E-state index contributed by atoms with van der Waals surface area (Å²) in [5, 5.41) is 11.8. The van der Waals surface area contributed by atoms with E-state index in [-0.39, 0.29) is 17.1 Å². The summed E-state index contributed by atoms with van der Waals surface area (Å²) in [5.74, 6) is -1.19. The first kappa shape index (κ1) is 20.7. The van der Waals surface area contributed by atoms with Crippen LogP contribution in [0.1, 0.15) is 41.8 Å². The number of alkyl halides is 3. The van der Waals surface area contributed by atoms with Gasteiger partial charge in [-0.05, 0) is 20.8 Å². The molecule has 0 aliphatic rings. The molecular formula is C15H18ClF3N6O2. The van der Waals surface area contributed by atoms with Crippen LogP contribution in [0.5, 0.6) is 0 Å². The molecule has 8 nitrogen and oxygen atoms in total. The van der Waals surface area contributed by atoms with E-state index < -0.39 is 34.7 Å². The zero-order chi connectivity index (χ0) is 20.5. The van der Waals surface area contributed by atoms with Gasteiger partial charge in [-0.3, -0.25) is 19.0 Å².